The second-order valence-electron chi connectivity index (χ2n) is 4.58. The van der Waals surface area contributed by atoms with Crippen LogP contribution in [0.3, 0.4) is 0 Å². The molecule has 118 valence electrons. The van der Waals surface area contributed by atoms with E-state index >= 15 is 0 Å². The number of benzene rings is 2. The van der Waals surface area contributed by atoms with Crippen molar-refractivity contribution >= 4 is 27.3 Å². The second kappa shape index (κ2) is 6.46. The molecule has 2 rings (SSSR count). The fourth-order valence-corrected chi connectivity index (χ4v) is 3.09. The van der Waals surface area contributed by atoms with Crippen molar-refractivity contribution in [3.8, 4) is 11.5 Å². The molecule has 0 aromatic heterocycles. The molecule has 0 aliphatic rings. The van der Waals surface area contributed by atoms with Crippen LogP contribution in [0, 0.1) is 6.92 Å². The van der Waals surface area contributed by atoms with Crippen molar-refractivity contribution in [1.29, 1.82) is 0 Å². The van der Waals surface area contributed by atoms with Crippen LogP contribution in [-0.2, 0) is 10.0 Å². The van der Waals surface area contributed by atoms with E-state index in [9.17, 15) is 8.42 Å². The highest BCUT2D eigenvalue weighted by Gasteiger charge is 2.17. The number of aryl methyl sites for hydroxylation is 1. The predicted octanol–water partition coefficient (Wildman–Crippen LogP) is 3.47. The van der Waals surface area contributed by atoms with Crippen molar-refractivity contribution in [2.75, 3.05) is 18.9 Å². The Morgan fingerprint density at radius 2 is 1.68 bits per heavy atom. The number of hydrogen-bond acceptors (Lipinski definition) is 4. The van der Waals surface area contributed by atoms with Gasteiger partial charge in [-0.3, -0.25) is 4.72 Å². The van der Waals surface area contributed by atoms with Crippen molar-refractivity contribution in [2.24, 2.45) is 0 Å². The van der Waals surface area contributed by atoms with Crippen LogP contribution in [0.15, 0.2) is 41.3 Å². The van der Waals surface area contributed by atoms with Gasteiger partial charge in [0.1, 0.15) is 11.5 Å². The molecule has 0 aliphatic heterocycles. The summed E-state index contributed by atoms with van der Waals surface area (Å²) in [6.45, 7) is 1.78. The summed E-state index contributed by atoms with van der Waals surface area (Å²) in [6.07, 6.45) is 0. The lowest BCUT2D eigenvalue weighted by molar-refractivity contribution is 0.414. The molecule has 5 nitrogen and oxygen atoms in total. The van der Waals surface area contributed by atoms with Crippen LogP contribution >= 0.6 is 11.6 Å². The average molecular weight is 342 g/mol. The molecule has 0 amide bonds. The molecule has 0 radical (unpaired) electrons. The van der Waals surface area contributed by atoms with Crippen molar-refractivity contribution in [3.05, 3.63) is 47.0 Å². The Labute approximate surface area is 134 Å². The summed E-state index contributed by atoms with van der Waals surface area (Å²) < 4.78 is 37.5. The predicted molar refractivity (Wildman–Crippen MR) is 86.5 cm³/mol. The van der Waals surface area contributed by atoms with Gasteiger partial charge >= 0.3 is 0 Å². The zero-order valence-electron chi connectivity index (χ0n) is 12.4. The maximum atomic E-state index is 12.4. The molecule has 0 spiro atoms. The molecule has 1 N–H and O–H groups in total. The van der Waals surface area contributed by atoms with Gasteiger partial charge in [-0.25, -0.2) is 8.42 Å². The Bertz CT molecular complexity index is 773. The molecule has 0 unspecified atom stereocenters. The van der Waals surface area contributed by atoms with E-state index in [0.29, 0.717) is 22.2 Å². The maximum absolute atomic E-state index is 12.4. The first-order chi connectivity index (χ1) is 10.4. The summed E-state index contributed by atoms with van der Waals surface area (Å²) in [7, 11) is -0.762. The smallest absolute Gasteiger partial charge is 0.262 e. The molecule has 0 fully saturated rings. The first-order valence-corrected chi connectivity index (χ1v) is 8.24. The third-order valence-electron chi connectivity index (χ3n) is 3.09. The largest absolute Gasteiger partial charge is 0.497 e. The number of methoxy groups -OCH3 is 2. The summed E-state index contributed by atoms with van der Waals surface area (Å²) in [4.78, 5) is 0.128. The Balaban J connectivity index is 2.37. The highest BCUT2D eigenvalue weighted by atomic mass is 35.5. The van der Waals surface area contributed by atoms with Crippen molar-refractivity contribution < 1.29 is 17.9 Å². The molecule has 0 aliphatic carbocycles. The zero-order valence-corrected chi connectivity index (χ0v) is 14.0. The minimum absolute atomic E-state index is 0.128. The summed E-state index contributed by atoms with van der Waals surface area (Å²) in [5.41, 5.74) is 1.08. The number of nitrogens with one attached hydrogen (secondary N) is 1. The Kier molecular flexibility index (Phi) is 4.83. The first kappa shape index (κ1) is 16.5. The van der Waals surface area contributed by atoms with Gasteiger partial charge in [0, 0.05) is 11.1 Å². The SMILES string of the molecule is COc1ccc(S(=O)(=O)Nc2cc(C)c(Cl)cc2OC)cc1. The molecule has 0 atom stereocenters. The van der Waals surface area contributed by atoms with E-state index in [1.165, 1.54) is 26.4 Å². The Morgan fingerprint density at radius 1 is 1.05 bits per heavy atom. The standard InChI is InChI=1S/C15H16ClNO4S/c1-10-8-14(15(21-3)9-13(10)16)17-22(18,19)12-6-4-11(20-2)5-7-12/h4-9,17H,1-3H3. The summed E-state index contributed by atoms with van der Waals surface area (Å²) in [5.74, 6) is 0.937. The number of hydrogen-bond donors (Lipinski definition) is 1. The van der Waals surface area contributed by atoms with Gasteiger partial charge in [0.25, 0.3) is 10.0 Å². The van der Waals surface area contributed by atoms with E-state index in [0.717, 1.165) is 5.56 Å². The van der Waals surface area contributed by atoms with Gasteiger partial charge in [0.2, 0.25) is 0 Å². The summed E-state index contributed by atoms with van der Waals surface area (Å²) in [6, 6.07) is 9.30. The molecule has 0 saturated heterocycles. The zero-order chi connectivity index (χ0) is 16.3. The van der Waals surface area contributed by atoms with Crippen LogP contribution in [0.25, 0.3) is 0 Å². The molecule has 0 saturated carbocycles. The van der Waals surface area contributed by atoms with Gasteiger partial charge in [0.15, 0.2) is 0 Å². The Morgan fingerprint density at radius 3 is 2.23 bits per heavy atom. The molecule has 22 heavy (non-hydrogen) atoms. The third-order valence-corrected chi connectivity index (χ3v) is 4.88. The second-order valence-corrected chi connectivity index (χ2v) is 6.67. The van der Waals surface area contributed by atoms with Gasteiger partial charge in [-0.15, -0.1) is 0 Å². The van der Waals surface area contributed by atoms with Crippen LogP contribution in [0.4, 0.5) is 5.69 Å². The number of ether oxygens (including phenoxy) is 2. The molecule has 7 heteroatoms. The minimum Gasteiger partial charge on any atom is -0.497 e. The van der Waals surface area contributed by atoms with Gasteiger partial charge in [-0.2, -0.15) is 0 Å². The van der Waals surface area contributed by atoms with E-state index in [2.05, 4.69) is 4.72 Å². The Hall–Kier alpha value is -1.92. The average Bonchev–Trinajstić information content (AvgIpc) is 2.50. The highest BCUT2D eigenvalue weighted by molar-refractivity contribution is 7.92. The fraction of sp³-hybridized carbons (Fsp3) is 0.200. The van der Waals surface area contributed by atoms with Crippen molar-refractivity contribution in [3.63, 3.8) is 0 Å². The first-order valence-electron chi connectivity index (χ1n) is 6.38. The van der Waals surface area contributed by atoms with Crippen LogP contribution in [0.2, 0.25) is 5.02 Å². The van der Waals surface area contributed by atoms with E-state index in [1.54, 1.807) is 31.2 Å². The fourth-order valence-electron chi connectivity index (χ4n) is 1.87. The lowest BCUT2D eigenvalue weighted by Gasteiger charge is -2.13. The van der Waals surface area contributed by atoms with Crippen LogP contribution in [0.1, 0.15) is 5.56 Å². The normalized spacial score (nSPS) is 11.1. The summed E-state index contributed by atoms with van der Waals surface area (Å²) in [5, 5.41) is 0.504. The van der Waals surface area contributed by atoms with Crippen LogP contribution < -0.4 is 14.2 Å². The minimum atomic E-state index is -3.73. The van der Waals surface area contributed by atoms with Crippen LogP contribution in [-0.4, -0.2) is 22.6 Å². The number of halogens is 1. The molecular weight excluding hydrogens is 326 g/mol. The topological polar surface area (TPSA) is 64.6 Å². The maximum Gasteiger partial charge on any atom is 0.262 e. The third kappa shape index (κ3) is 3.45. The van der Waals surface area contributed by atoms with Gasteiger partial charge in [-0.05, 0) is 42.8 Å². The van der Waals surface area contributed by atoms with Crippen molar-refractivity contribution in [2.45, 2.75) is 11.8 Å². The monoisotopic (exact) mass is 341 g/mol. The van der Waals surface area contributed by atoms with Crippen molar-refractivity contribution in [1.82, 2.24) is 0 Å². The highest BCUT2D eigenvalue weighted by Crippen LogP contribution is 2.32. The van der Waals surface area contributed by atoms with Gasteiger partial charge in [-0.1, -0.05) is 11.6 Å². The number of rotatable bonds is 5. The molecular formula is C15H16ClNO4S. The summed E-state index contributed by atoms with van der Waals surface area (Å²) >= 11 is 6.02. The quantitative estimate of drug-likeness (QED) is 0.904. The molecule has 2 aromatic carbocycles. The van der Waals surface area contributed by atoms with E-state index < -0.39 is 10.0 Å². The van der Waals surface area contributed by atoms with E-state index in [1.807, 2.05) is 0 Å². The van der Waals surface area contributed by atoms with Gasteiger partial charge < -0.3 is 9.47 Å². The molecule has 2 aromatic rings. The lowest BCUT2D eigenvalue weighted by atomic mass is 10.2. The number of sulfonamides is 1. The van der Waals surface area contributed by atoms with Gasteiger partial charge in [0.05, 0.1) is 24.8 Å². The van der Waals surface area contributed by atoms with E-state index in [4.69, 9.17) is 21.1 Å². The molecule has 0 heterocycles. The van der Waals surface area contributed by atoms with E-state index in [-0.39, 0.29) is 4.90 Å². The lowest BCUT2D eigenvalue weighted by Crippen LogP contribution is -2.13. The molecule has 0 bridgehead atoms. The number of anilines is 1. The van der Waals surface area contributed by atoms with Crippen LogP contribution in [0.5, 0.6) is 11.5 Å².